The number of hydrogen-bond acceptors (Lipinski definition) is 2. The van der Waals surface area contributed by atoms with Gasteiger partial charge >= 0.3 is 0 Å². The van der Waals surface area contributed by atoms with E-state index in [1.807, 2.05) is 12.1 Å². The summed E-state index contributed by atoms with van der Waals surface area (Å²) >= 11 is 0. The summed E-state index contributed by atoms with van der Waals surface area (Å²) in [6.45, 7) is 5.73. The fraction of sp³-hybridized carbons (Fsp3) is 0.647. The van der Waals surface area contributed by atoms with Gasteiger partial charge in [0.05, 0.1) is 0 Å². The molecule has 2 aliphatic rings. The molecule has 2 nitrogen and oxygen atoms in total. The quantitative estimate of drug-likeness (QED) is 0.857. The molecule has 1 N–H and O–H groups in total. The van der Waals surface area contributed by atoms with Crippen molar-refractivity contribution in [3.8, 4) is 0 Å². The van der Waals surface area contributed by atoms with Crippen molar-refractivity contribution in [3.63, 3.8) is 0 Å². The lowest BCUT2D eigenvalue weighted by Gasteiger charge is -2.32. The molecule has 3 heteroatoms. The molecule has 2 unspecified atom stereocenters. The lowest BCUT2D eigenvalue weighted by Crippen LogP contribution is -2.40. The topological polar surface area (TPSA) is 15.3 Å². The van der Waals surface area contributed by atoms with Gasteiger partial charge in [0.2, 0.25) is 0 Å². The van der Waals surface area contributed by atoms with Crippen molar-refractivity contribution in [2.45, 2.75) is 44.7 Å². The largest absolute Gasteiger partial charge is 0.313 e. The van der Waals surface area contributed by atoms with Gasteiger partial charge in [0.15, 0.2) is 0 Å². The van der Waals surface area contributed by atoms with E-state index >= 15 is 0 Å². The molecule has 2 atom stereocenters. The van der Waals surface area contributed by atoms with Crippen molar-refractivity contribution in [2.24, 2.45) is 5.92 Å². The highest BCUT2D eigenvalue weighted by atomic mass is 19.1. The molecule has 1 aromatic rings. The molecule has 3 rings (SSSR count). The summed E-state index contributed by atoms with van der Waals surface area (Å²) in [7, 11) is 0. The Labute approximate surface area is 121 Å². The molecule has 1 aliphatic heterocycles. The zero-order valence-electron chi connectivity index (χ0n) is 12.3. The number of nitrogens with one attached hydrogen (secondary N) is 1. The Bertz CT molecular complexity index is 421. The van der Waals surface area contributed by atoms with E-state index in [1.165, 1.54) is 37.8 Å². The highest BCUT2D eigenvalue weighted by Gasteiger charge is 2.29. The Morgan fingerprint density at radius 3 is 2.55 bits per heavy atom. The van der Waals surface area contributed by atoms with Gasteiger partial charge in [-0.15, -0.1) is 0 Å². The minimum Gasteiger partial charge on any atom is -0.313 e. The van der Waals surface area contributed by atoms with Crippen LogP contribution >= 0.6 is 0 Å². The van der Waals surface area contributed by atoms with E-state index in [9.17, 15) is 4.39 Å². The summed E-state index contributed by atoms with van der Waals surface area (Å²) in [5.41, 5.74) is 1.23. The van der Waals surface area contributed by atoms with Crippen molar-refractivity contribution in [1.29, 1.82) is 0 Å². The van der Waals surface area contributed by atoms with E-state index in [4.69, 9.17) is 0 Å². The highest BCUT2D eigenvalue weighted by Crippen LogP contribution is 2.33. The monoisotopic (exact) mass is 276 g/mol. The Kier molecular flexibility index (Phi) is 4.37. The van der Waals surface area contributed by atoms with Crippen LogP contribution in [-0.4, -0.2) is 30.6 Å². The number of nitrogens with zero attached hydrogens (tertiary/aromatic N) is 1. The van der Waals surface area contributed by atoms with E-state index in [0.29, 0.717) is 12.1 Å². The summed E-state index contributed by atoms with van der Waals surface area (Å²) in [5, 5.41) is 3.59. The van der Waals surface area contributed by atoms with Gasteiger partial charge in [-0.25, -0.2) is 4.39 Å². The van der Waals surface area contributed by atoms with Gasteiger partial charge in [-0.2, -0.15) is 0 Å². The zero-order valence-corrected chi connectivity index (χ0v) is 12.3. The van der Waals surface area contributed by atoms with Gasteiger partial charge in [-0.05, 0) is 62.8 Å². The molecule has 110 valence electrons. The van der Waals surface area contributed by atoms with Crippen molar-refractivity contribution < 1.29 is 4.39 Å². The summed E-state index contributed by atoms with van der Waals surface area (Å²) in [6, 6.07) is 8.03. The van der Waals surface area contributed by atoms with E-state index in [2.05, 4.69) is 17.1 Å². The van der Waals surface area contributed by atoms with Crippen molar-refractivity contribution in [1.82, 2.24) is 10.2 Å². The predicted molar refractivity (Wildman–Crippen MR) is 80.1 cm³/mol. The molecule has 20 heavy (non-hydrogen) atoms. The first-order chi connectivity index (χ1) is 9.72. The van der Waals surface area contributed by atoms with Crippen LogP contribution in [0.15, 0.2) is 24.3 Å². The first-order valence-corrected chi connectivity index (χ1v) is 7.95. The Morgan fingerprint density at radius 2 is 1.95 bits per heavy atom. The van der Waals surface area contributed by atoms with Gasteiger partial charge in [-0.1, -0.05) is 12.1 Å². The number of halogens is 1. The Hall–Kier alpha value is -0.930. The number of benzene rings is 1. The molecule has 1 saturated heterocycles. The van der Waals surface area contributed by atoms with Crippen LogP contribution in [0, 0.1) is 11.7 Å². The van der Waals surface area contributed by atoms with Gasteiger partial charge in [0.25, 0.3) is 0 Å². The van der Waals surface area contributed by atoms with Crippen molar-refractivity contribution >= 4 is 0 Å². The number of hydrogen-bond donors (Lipinski definition) is 1. The minimum atomic E-state index is -0.146. The smallest absolute Gasteiger partial charge is 0.123 e. The van der Waals surface area contributed by atoms with Gasteiger partial charge in [0, 0.05) is 25.2 Å². The van der Waals surface area contributed by atoms with Gasteiger partial charge < -0.3 is 5.32 Å². The van der Waals surface area contributed by atoms with Crippen LogP contribution in [0.5, 0.6) is 0 Å². The van der Waals surface area contributed by atoms with Gasteiger partial charge in [0.1, 0.15) is 5.82 Å². The second-order valence-corrected chi connectivity index (χ2v) is 6.42. The molecule has 0 aromatic heterocycles. The normalized spacial score (nSPS) is 24.2. The van der Waals surface area contributed by atoms with E-state index < -0.39 is 0 Å². The molecular formula is C17H25FN2. The van der Waals surface area contributed by atoms with E-state index in [-0.39, 0.29) is 5.82 Å². The maximum atomic E-state index is 13.1. The fourth-order valence-corrected chi connectivity index (χ4v) is 3.17. The van der Waals surface area contributed by atoms with Gasteiger partial charge in [-0.3, -0.25) is 4.90 Å². The minimum absolute atomic E-state index is 0.146. The fourth-order valence-electron chi connectivity index (χ4n) is 3.17. The molecule has 1 aromatic carbocycles. The maximum Gasteiger partial charge on any atom is 0.123 e. The van der Waals surface area contributed by atoms with Crippen molar-refractivity contribution in [2.75, 3.05) is 19.6 Å². The summed E-state index contributed by atoms with van der Waals surface area (Å²) in [5.74, 6) is 0.742. The first kappa shape index (κ1) is 14.0. The van der Waals surface area contributed by atoms with Crippen LogP contribution in [-0.2, 0) is 0 Å². The molecule has 0 radical (unpaired) electrons. The van der Waals surface area contributed by atoms with E-state index in [1.54, 1.807) is 12.1 Å². The van der Waals surface area contributed by atoms with Crippen molar-refractivity contribution in [3.05, 3.63) is 35.6 Å². The second-order valence-electron chi connectivity index (χ2n) is 6.42. The first-order valence-electron chi connectivity index (χ1n) is 7.95. The number of rotatable bonds is 6. The Balaban J connectivity index is 1.67. The Morgan fingerprint density at radius 1 is 1.20 bits per heavy atom. The highest BCUT2D eigenvalue weighted by molar-refractivity contribution is 5.19. The summed E-state index contributed by atoms with van der Waals surface area (Å²) < 4.78 is 13.1. The molecule has 1 aliphatic carbocycles. The molecular weight excluding hydrogens is 251 g/mol. The molecule has 1 saturated carbocycles. The van der Waals surface area contributed by atoms with Crippen LogP contribution in [0.4, 0.5) is 4.39 Å². The summed E-state index contributed by atoms with van der Waals surface area (Å²) in [4.78, 5) is 2.59. The standard InChI is InChI=1S/C17H25FN2/c1-13(15-6-8-16(18)9-7-15)20(11-14-4-5-14)12-17-3-2-10-19-17/h6-9,13-14,17,19H,2-5,10-12H2,1H3. The second kappa shape index (κ2) is 6.23. The van der Waals surface area contributed by atoms with E-state index in [0.717, 1.165) is 19.0 Å². The molecule has 2 fully saturated rings. The predicted octanol–water partition coefficient (Wildman–Crippen LogP) is 3.35. The SMILES string of the molecule is CC(c1ccc(F)cc1)N(CC1CC1)CC1CCCN1. The molecule has 1 heterocycles. The average Bonchev–Trinajstić information content (AvgIpc) is 3.12. The van der Waals surface area contributed by atoms with Crippen LogP contribution in [0.2, 0.25) is 0 Å². The lowest BCUT2D eigenvalue weighted by atomic mass is 10.0. The molecule has 0 amide bonds. The molecule has 0 bridgehead atoms. The van der Waals surface area contributed by atoms with Crippen LogP contribution < -0.4 is 5.32 Å². The maximum absolute atomic E-state index is 13.1. The third kappa shape index (κ3) is 3.58. The van der Waals surface area contributed by atoms with Crippen LogP contribution in [0.1, 0.15) is 44.2 Å². The molecule has 0 spiro atoms. The zero-order chi connectivity index (χ0) is 13.9. The average molecular weight is 276 g/mol. The summed E-state index contributed by atoms with van der Waals surface area (Å²) in [6.07, 6.45) is 5.35. The van der Waals surface area contributed by atoms with Crippen LogP contribution in [0.3, 0.4) is 0 Å². The third-order valence-electron chi connectivity index (χ3n) is 4.71. The van der Waals surface area contributed by atoms with Crippen LogP contribution in [0.25, 0.3) is 0 Å². The lowest BCUT2D eigenvalue weighted by molar-refractivity contribution is 0.184. The third-order valence-corrected chi connectivity index (χ3v) is 4.71.